The number of piperidine rings is 1. The number of rotatable bonds is 7. The average Bonchev–Trinajstić information content (AvgIpc) is 3.41. The van der Waals surface area contributed by atoms with Crippen LogP contribution in [0, 0.1) is 0 Å². The number of nitrogens with one attached hydrogen (secondary N) is 2. The molecule has 0 spiro atoms. The number of hydroxylamine groups is 2. The van der Waals surface area contributed by atoms with Gasteiger partial charge >= 0.3 is 12.2 Å². The highest BCUT2D eigenvalue weighted by atomic mass is 32.1. The van der Waals surface area contributed by atoms with Gasteiger partial charge in [-0.1, -0.05) is 6.42 Å². The summed E-state index contributed by atoms with van der Waals surface area (Å²) in [6.45, 7) is 7.78. The van der Waals surface area contributed by atoms with E-state index in [2.05, 4.69) is 23.8 Å². The summed E-state index contributed by atoms with van der Waals surface area (Å²) in [5, 5.41) is 7.55. The number of amides is 2. The molecule has 2 N–H and O–H groups in total. The van der Waals surface area contributed by atoms with Crippen LogP contribution >= 0.6 is 11.3 Å². The van der Waals surface area contributed by atoms with E-state index in [1.54, 1.807) is 54.6 Å². The lowest BCUT2D eigenvalue weighted by atomic mass is 9.97. The van der Waals surface area contributed by atoms with Gasteiger partial charge in [0.25, 0.3) is 0 Å². The molecule has 0 aliphatic carbocycles. The Morgan fingerprint density at radius 1 is 0.762 bits per heavy atom. The first-order chi connectivity index (χ1) is 20.4. The average molecular weight is 588 g/mol. The molecular formula is C32H33N3O6S. The Hall–Kier alpha value is -4.67. The van der Waals surface area contributed by atoms with Crippen LogP contribution in [0.5, 0.6) is 17.2 Å². The van der Waals surface area contributed by atoms with E-state index in [9.17, 15) is 14.4 Å². The normalized spacial score (nSPS) is 12.9. The summed E-state index contributed by atoms with van der Waals surface area (Å²) in [6, 6.07) is 19.3. The van der Waals surface area contributed by atoms with Gasteiger partial charge in [0.1, 0.15) is 17.2 Å². The fourth-order valence-electron chi connectivity index (χ4n) is 4.48. The van der Waals surface area contributed by atoms with Crippen molar-refractivity contribution in [1.82, 2.24) is 15.7 Å². The summed E-state index contributed by atoms with van der Waals surface area (Å²) in [7, 11) is 2.97. The third-order valence-electron chi connectivity index (χ3n) is 6.50. The molecule has 0 bridgehead atoms. The largest absolute Gasteiger partial charge is 0.412 e. The molecule has 10 heteroatoms. The Kier molecular flexibility index (Phi) is 10.3. The number of ketones is 1. The molecule has 0 atom stereocenters. The van der Waals surface area contributed by atoms with Crippen LogP contribution in [0.25, 0.3) is 20.5 Å². The van der Waals surface area contributed by atoms with Crippen LogP contribution in [0.3, 0.4) is 0 Å². The molecule has 1 aliphatic heterocycles. The van der Waals surface area contributed by atoms with Gasteiger partial charge in [-0.15, -0.1) is 29.6 Å². The van der Waals surface area contributed by atoms with Crippen molar-refractivity contribution in [3.05, 3.63) is 91.0 Å². The third-order valence-corrected chi connectivity index (χ3v) is 7.70. The number of benzene rings is 3. The summed E-state index contributed by atoms with van der Waals surface area (Å²) in [5.41, 5.74) is 1.85. The summed E-state index contributed by atoms with van der Waals surface area (Å²) >= 11 is 1.42. The van der Waals surface area contributed by atoms with Crippen LogP contribution in [0.1, 0.15) is 35.2 Å². The van der Waals surface area contributed by atoms with E-state index in [4.69, 9.17) is 14.3 Å². The van der Waals surface area contributed by atoms with Gasteiger partial charge in [0, 0.05) is 53.3 Å². The summed E-state index contributed by atoms with van der Waals surface area (Å²) < 4.78 is 11.3. The lowest BCUT2D eigenvalue weighted by Gasteiger charge is -2.26. The summed E-state index contributed by atoms with van der Waals surface area (Å²) in [4.78, 5) is 44.0. The number of carbonyl (C=O) groups is 3. The predicted octanol–water partition coefficient (Wildman–Crippen LogP) is 6.82. The highest BCUT2D eigenvalue weighted by Gasteiger charge is 2.23. The highest BCUT2D eigenvalue weighted by molar-refractivity contribution is 7.22. The second-order valence-corrected chi connectivity index (χ2v) is 10.3. The van der Waals surface area contributed by atoms with Crippen molar-refractivity contribution in [2.75, 3.05) is 27.2 Å². The number of ether oxygens (including phenoxy) is 2. The van der Waals surface area contributed by atoms with Gasteiger partial charge in [-0.05, 0) is 85.1 Å². The topological polar surface area (TPSA) is 106 Å². The molecule has 1 aromatic heterocycles. The third kappa shape index (κ3) is 7.15. The molecule has 1 fully saturated rings. The maximum absolute atomic E-state index is 14.0. The van der Waals surface area contributed by atoms with Gasteiger partial charge in [-0.2, -0.15) is 0 Å². The Morgan fingerprint density at radius 2 is 1.33 bits per heavy atom. The van der Waals surface area contributed by atoms with E-state index >= 15 is 0 Å². The molecule has 1 saturated heterocycles. The zero-order chi connectivity index (χ0) is 30.1. The van der Waals surface area contributed by atoms with Gasteiger partial charge in [0.2, 0.25) is 0 Å². The van der Waals surface area contributed by atoms with Crippen molar-refractivity contribution in [2.24, 2.45) is 0 Å². The van der Waals surface area contributed by atoms with Gasteiger partial charge in [-0.3, -0.25) is 4.79 Å². The van der Waals surface area contributed by atoms with E-state index in [0.29, 0.717) is 28.4 Å². The molecule has 2 amide bonds. The Labute approximate surface area is 248 Å². The lowest BCUT2D eigenvalue weighted by molar-refractivity contribution is -0.0720. The minimum Gasteiger partial charge on any atom is -0.410 e. The number of nitrogens with zero attached hydrogens (tertiary/aromatic N) is 1. The van der Waals surface area contributed by atoms with Crippen molar-refractivity contribution in [2.45, 2.75) is 19.3 Å². The van der Waals surface area contributed by atoms with Crippen LogP contribution < -0.4 is 24.9 Å². The Morgan fingerprint density at radius 3 is 1.95 bits per heavy atom. The molecule has 218 valence electrons. The fraction of sp³-hybridized carbons (Fsp3) is 0.219. The van der Waals surface area contributed by atoms with Crippen molar-refractivity contribution >= 4 is 39.4 Å². The van der Waals surface area contributed by atoms with Crippen molar-refractivity contribution in [1.29, 1.82) is 0 Å². The first kappa shape index (κ1) is 30.3. The molecule has 1 aliphatic rings. The molecule has 0 unspecified atom stereocenters. The van der Waals surface area contributed by atoms with Crippen LogP contribution in [-0.2, 0) is 0 Å². The zero-order valence-electron chi connectivity index (χ0n) is 23.6. The van der Waals surface area contributed by atoms with Gasteiger partial charge in [0.05, 0.1) is 0 Å². The Balaban J connectivity index is 0.00000198. The van der Waals surface area contributed by atoms with E-state index in [1.165, 1.54) is 31.9 Å². The molecule has 0 saturated carbocycles. The number of carbonyl (C=O) groups excluding carboxylic acids is 3. The van der Waals surface area contributed by atoms with Gasteiger partial charge < -0.3 is 24.9 Å². The van der Waals surface area contributed by atoms with Crippen LogP contribution in [-0.4, -0.2) is 50.2 Å². The molecule has 2 heterocycles. The minimum atomic E-state index is -0.578. The van der Waals surface area contributed by atoms with E-state index in [1.807, 2.05) is 17.2 Å². The summed E-state index contributed by atoms with van der Waals surface area (Å²) in [6.07, 6.45) is 2.29. The highest BCUT2D eigenvalue weighted by Crippen LogP contribution is 2.42. The monoisotopic (exact) mass is 587 g/mol. The molecule has 3 aromatic carbocycles. The number of hydrogen-bond donors (Lipinski definition) is 2. The molecule has 0 radical (unpaired) electrons. The second-order valence-electron chi connectivity index (χ2n) is 9.20. The smallest absolute Gasteiger partial charge is 0.410 e. The lowest BCUT2D eigenvalue weighted by Crippen LogP contribution is -2.32. The first-order valence-corrected chi connectivity index (χ1v) is 14.3. The first-order valence-electron chi connectivity index (χ1n) is 13.5. The molecule has 9 nitrogen and oxygen atoms in total. The van der Waals surface area contributed by atoms with Crippen LogP contribution in [0.15, 0.2) is 79.9 Å². The number of hydrogen-bond acceptors (Lipinski definition) is 8. The maximum Gasteiger partial charge on any atom is 0.412 e. The summed E-state index contributed by atoms with van der Waals surface area (Å²) in [5.74, 6) is 1.29. The van der Waals surface area contributed by atoms with Crippen LogP contribution in [0.2, 0.25) is 0 Å². The standard InChI is InChI=1S/C30H29N3O6S.C2H4/c1-31-29(35)37-21-10-8-20(9-11-21)28-26(24-15-14-23(18-25(24)40-28)38-30(36)32-2)27(34)19-6-12-22(13-7-19)39-33-16-4-3-5-17-33;1-2/h6-15,18H,3-5,16-17H2,1-2H3,(H,31,35)(H,32,36);1-2H2. The molecular weight excluding hydrogens is 554 g/mol. The minimum absolute atomic E-state index is 0.142. The molecule has 5 rings (SSSR count). The Bertz CT molecular complexity index is 1540. The van der Waals surface area contributed by atoms with Gasteiger partial charge in [0.15, 0.2) is 5.78 Å². The van der Waals surface area contributed by atoms with Crippen molar-refractivity contribution < 1.29 is 28.7 Å². The van der Waals surface area contributed by atoms with E-state index in [0.717, 1.165) is 46.5 Å². The second kappa shape index (κ2) is 14.3. The van der Waals surface area contributed by atoms with E-state index in [-0.39, 0.29) is 5.78 Å². The van der Waals surface area contributed by atoms with E-state index < -0.39 is 12.2 Å². The number of fused-ring (bicyclic) bond motifs is 1. The maximum atomic E-state index is 14.0. The van der Waals surface area contributed by atoms with Crippen molar-refractivity contribution in [3.8, 4) is 27.7 Å². The van der Waals surface area contributed by atoms with Crippen LogP contribution in [0.4, 0.5) is 9.59 Å². The predicted molar refractivity (Wildman–Crippen MR) is 165 cm³/mol. The molecule has 4 aromatic rings. The quantitative estimate of drug-likeness (QED) is 0.181. The zero-order valence-corrected chi connectivity index (χ0v) is 24.4. The molecule has 42 heavy (non-hydrogen) atoms. The SMILES string of the molecule is C=C.CNC(=O)Oc1ccc(-c2sc3cc(OC(=O)NC)ccc3c2C(=O)c2ccc(ON3CCCCC3)cc2)cc1. The fourth-order valence-corrected chi connectivity index (χ4v) is 5.71. The number of thiophene rings is 1. The van der Waals surface area contributed by atoms with Gasteiger partial charge in [-0.25, -0.2) is 9.59 Å². The van der Waals surface area contributed by atoms with Crippen molar-refractivity contribution in [3.63, 3.8) is 0 Å².